The van der Waals surface area contributed by atoms with E-state index in [2.05, 4.69) is 5.32 Å². The molecule has 2 rings (SSSR count). The maximum absolute atomic E-state index is 11.9. The highest BCUT2D eigenvalue weighted by Crippen LogP contribution is 2.31. The highest BCUT2D eigenvalue weighted by molar-refractivity contribution is 5.68. The lowest BCUT2D eigenvalue weighted by molar-refractivity contribution is 0.0498. The minimum absolute atomic E-state index is 0.00773. The van der Waals surface area contributed by atoms with E-state index in [0.717, 1.165) is 30.4 Å². The number of ether oxygens (including phenoxy) is 1. The van der Waals surface area contributed by atoms with Crippen LogP contribution in [0, 0.1) is 0 Å². The van der Waals surface area contributed by atoms with Crippen molar-refractivity contribution in [3.05, 3.63) is 34.9 Å². The third-order valence-electron chi connectivity index (χ3n) is 3.65. The minimum Gasteiger partial charge on any atom is -0.444 e. The fourth-order valence-electron chi connectivity index (χ4n) is 2.69. The summed E-state index contributed by atoms with van der Waals surface area (Å²) in [4.78, 5) is 11.9. The van der Waals surface area contributed by atoms with E-state index in [1.165, 1.54) is 5.56 Å². The summed E-state index contributed by atoms with van der Waals surface area (Å²) in [6.07, 6.45) is 2.09. The van der Waals surface area contributed by atoms with E-state index in [1.807, 2.05) is 39.0 Å². The molecule has 0 fully saturated rings. The standard InChI is InChI=1S/C17H25NO3/c1-11(19)12-8-9-14-13(10-12)6-5-7-15(14)18-16(20)21-17(2,3)4/h8-11,15,19H,5-7H2,1-4H3,(H,18,20)/t11?,15-/m1/s1. The molecule has 0 radical (unpaired) electrons. The fourth-order valence-corrected chi connectivity index (χ4v) is 2.69. The number of rotatable bonds is 2. The Balaban J connectivity index is 2.13. The lowest BCUT2D eigenvalue weighted by Crippen LogP contribution is -2.36. The zero-order valence-electron chi connectivity index (χ0n) is 13.3. The minimum atomic E-state index is -0.488. The number of benzene rings is 1. The number of aliphatic hydroxyl groups is 1. The van der Waals surface area contributed by atoms with Gasteiger partial charge in [-0.15, -0.1) is 0 Å². The Kier molecular flexibility index (Phi) is 4.57. The number of aliphatic hydroxyl groups excluding tert-OH is 1. The number of hydrogen-bond donors (Lipinski definition) is 2. The molecule has 116 valence electrons. The molecule has 1 aromatic rings. The van der Waals surface area contributed by atoms with Crippen molar-refractivity contribution in [1.29, 1.82) is 0 Å². The molecule has 1 aliphatic rings. The first-order valence-corrected chi connectivity index (χ1v) is 7.56. The van der Waals surface area contributed by atoms with Crippen LogP contribution in [0.2, 0.25) is 0 Å². The van der Waals surface area contributed by atoms with Crippen molar-refractivity contribution in [1.82, 2.24) is 5.32 Å². The lowest BCUT2D eigenvalue weighted by atomic mass is 9.86. The summed E-state index contributed by atoms with van der Waals surface area (Å²) in [5.74, 6) is 0. The van der Waals surface area contributed by atoms with Crippen molar-refractivity contribution in [2.45, 2.75) is 64.7 Å². The predicted molar refractivity (Wildman–Crippen MR) is 82.1 cm³/mol. The number of fused-ring (bicyclic) bond motifs is 1. The largest absolute Gasteiger partial charge is 0.444 e. The molecule has 0 bridgehead atoms. The average molecular weight is 291 g/mol. The van der Waals surface area contributed by atoms with Gasteiger partial charge in [0.1, 0.15) is 5.60 Å². The van der Waals surface area contributed by atoms with Gasteiger partial charge in [-0.05, 0) is 63.6 Å². The molecule has 21 heavy (non-hydrogen) atoms. The molecule has 2 atom stereocenters. The average Bonchev–Trinajstić information content (AvgIpc) is 2.36. The van der Waals surface area contributed by atoms with Crippen molar-refractivity contribution < 1.29 is 14.6 Å². The second kappa shape index (κ2) is 6.06. The van der Waals surface area contributed by atoms with Gasteiger partial charge in [0.05, 0.1) is 12.1 Å². The van der Waals surface area contributed by atoms with Crippen LogP contribution in [0.3, 0.4) is 0 Å². The van der Waals surface area contributed by atoms with Gasteiger partial charge in [0.25, 0.3) is 0 Å². The van der Waals surface area contributed by atoms with Gasteiger partial charge in [-0.2, -0.15) is 0 Å². The molecule has 0 saturated heterocycles. The number of carbonyl (C=O) groups is 1. The zero-order chi connectivity index (χ0) is 15.6. The molecule has 0 aliphatic heterocycles. The van der Waals surface area contributed by atoms with Crippen LogP contribution in [0.1, 0.15) is 69.4 Å². The lowest BCUT2D eigenvalue weighted by Gasteiger charge is -2.28. The summed E-state index contributed by atoms with van der Waals surface area (Å²) in [5.41, 5.74) is 2.78. The Hall–Kier alpha value is -1.55. The van der Waals surface area contributed by atoms with Gasteiger partial charge >= 0.3 is 6.09 Å². The quantitative estimate of drug-likeness (QED) is 0.874. The van der Waals surface area contributed by atoms with E-state index in [1.54, 1.807) is 6.92 Å². The maximum atomic E-state index is 11.9. The van der Waals surface area contributed by atoms with E-state index in [0.29, 0.717) is 0 Å². The summed E-state index contributed by atoms with van der Waals surface area (Å²) in [6.45, 7) is 7.34. The van der Waals surface area contributed by atoms with E-state index in [9.17, 15) is 9.90 Å². The van der Waals surface area contributed by atoms with Crippen molar-refractivity contribution in [2.24, 2.45) is 0 Å². The van der Waals surface area contributed by atoms with E-state index < -0.39 is 11.7 Å². The second-order valence-electron chi connectivity index (χ2n) is 6.73. The van der Waals surface area contributed by atoms with Crippen LogP contribution < -0.4 is 5.32 Å². The molecule has 4 nitrogen and oxygen atoms in total. The molecule has 0 aromatic heterocycles. The number of alkyl carbamates (subject to hydrolysis) is 1. The first kappa shape index (κ1) is 15.8. The van der Waals surface area contributed by atoms with Crippen molar-refractivity contribution in [2.75, 3.05) is 0 Å². The van der Waals surface area contributed by atoms with Crippen molar-refractivity contribution >= 4 is 6.09 Å². The van der Waals surface area contributed by atoms with Crippen LogP contribution >= 0.6 is 0 Å². The summed E-state index contributed by atoms with van der Waals surface area (Å²) >= 11 is 0. The molecule has 0 spiro atoms. The molecule has 1 unspecified atom stereocenters. The third kappa shape index (κ3) is 4.21. The Morgan fingerprint density at radius 2 is 2.14 bits per heavy atom. The van der Waals surface area contributed by atoms with Gasteiger partial charge in [0.15, 0.2) is 0 Å². The molecule has 0 heterocycles. The smallest absolute Gasteiger partial charge is 0.408 e. The van der Waals surface area contributed by atoms with Gasteiger partial charge in [-0.1, -0.05) is 18.2 Å². The van der Waals surface area contributed by atoms with Gasteiger partial charge in [-0.25, -0.2) is 4.79 Å². The van der Waals surface area contributed by atoms with Gasteiger partial charge < -0.3 is 15.2 Å². The molecule has 1 aliphatic carbocycles. The number of aryl methyl sites for hydroxylation is 1. The maximum Gasteiger partial charge on any atom is 0.408 e. The summed E-state index contributed by atoms with van der Waals surface area (Å²) in [7, 11) is 0. The number of nitrogens with one attached hydrogen (secondary N) is 1. The van der Waals surface area contributed by atoms with Crippen LogP contribution in [0.4, 0.5) is 4.79 Å². The molecule has 1 aromatic carbocycles. The summed E-state index contributed by atoms with van der Waals surface area (Å²) in [6, 6.07) is 5.98. The van der Waals surface area contributed by atoms with E-state index in [-0.39, 0.29) is 12.1 Å². The van der Waals surface area contributed by atoms with Crippen LogP contribution in [0.5, 0.6) is 0 Å². The van der Waals surface area contributed by atoms with E-state index in [4.69, 9.17) is 4.74 Å². The number of amides is 1. The zero-order valence-corrected chi connectivity index (χ0v) is 13.3. The van der Waals surface area contributed by atoms with Crippen LogP contribution in [0.25, 0.3) is 0 Å². The molecular weight excluding hydrogens is 266 g/mol. The topological polar surface area (TPSA) is 58.6 Å². The Morgan fingerprint density at radius 1 is 1.43 bits per heavy atom. The third-order valence-corrected chi connectivity index (χ3v) is 3.65. The first-order valence-electron chi connectivity index (χ1n) is 7.56. The summed E-state index contributed by atoms with van der Waals surface area (Å²) in [5, 5.41) is 12.6. The molecular formula is C17H25NO3. The molecule has 2 N–H and O–H groups in total. The van der Waals surface area contributed by atoms with Crippen LogP contribution in [-0.2, 0) is 11.2 Å². The van der Waals surface area contributed by atoms with Crippen molar-refractivity contribution in [3.63, 3.8) is 0 Å². The Labute approximate surface area is 126 Å². The normalized spacial score (nSPS) is 19.6. The fraction of sp³-hybridized carbons (Fsp3) is 0.588. The number of carbonyl (C=O) groups excluding carboxylic acids is 1. The summed E-state index contributed by atoms with van der Waals surface area (Å²) < 4.78 is 5.33. The second-order valence-corrected chi connectivity index (χ2v) is 6.73. The molecule has 1 amide bonds. The highest BCUT2D eigenvalue weighted by Gasteiger charge is 2.25. The Morgan fingerprint density at radius 3 is 2.76 bits per heavy atom. The SMILES string of the molecule is CC(O)c1ccc2c(c1)CCC[C@H]2NC(=O)OC(C)(C)C. The molecule has 0 saturated carbocycles. The van der Waals surface area contributed by atoms with Gasteiger partial charge in [-0.3, -0.25) is 0 Å². The highest BCUT2D eigenvalue weighted by atomic mass is 16.6. The first-order chi connectivity index (χ1) is 9.76. The van der Waals surface area contributed by atoms with Gasteiger partial charge in [0.2, 0.25) is 0 Å². The predicted octanol–water partition coefficient (Wildman–Crippen LogP) is 3.64. The monoisotopic (exact) mass is 291 g/mol. The van der Waals surface area contributed by atoms with Crippen molar-refractivity contribution in [3.8, 4) is 0 Å². The van der Waals surface area contributed by atoms with Crippen LogP contribution in [0.15, 0.2) is 18.2 Å². The van der Waals surface area contributed by atoms with Crippen LogP contribution in [-0.4, -0.2) is 16.8 Å². The Bertz CT molecular complexity index is 517. The van der Waals surface area contributed by atoms with Gasteiger partial charge in [0, 0.05) is 0 Å². The van der Waals surface area contributed by atoms with E-state index >= 15 is 0 Å². The number of hydrogen-bond acceptors (Lipinski definition) is 3. The molecule has 4 heteroatoms.